The Morgan fingerprint density at radius 3 is 2.89 bits per heavy atom. The fraction of sp³-hybridized carbons (Fsp3) is 0.462. The maximum absolute atomic E-state index is 13.3. The minimum atomic E-state index is -0.253. The molecular formula is C13H18FNO2S. The number of rotatable bonds is 7. The van der Waals surface area contributed by atoms with E-state index in [0.717, 1.165) is 0 Å². The molecule has 0 aliphatic rings. The van der Waals surface area contributed by atoms with Crippen molar-refractivity contribution in [3.63, 3.8) is 0 Å². The Morgan fingerprint density at radius 2 is 2.22 bits per heavy atom. The van der Waals surface area contributed by atoms with Crippen LogP contribution < -0.4 is 5.32 Å². The highest BCUT2D eigenvalue weighted by atomic mass is 32.2. The molecule has 0 aromatic heterocycles. The SMILES string of the molecule is CC(CCO)NC(=O)CCSc1ccccc1F. The standard InChI is InChI=1S/C13H18FNO2S/c1-10(6-8-16)15-13(17)7-9-18-12-5-3-2-4-11(12)14/h2-5,10,16H,6-9H2,1H3,(H,15,17). The smallest absolute Gasteiger partial charge is 0.221 e. The molecule has 1 aromatic rings. The molecule has 18 heavy (non-hydrogen) atoms. The number of thioether (sulfide) groups is 1. The molecule has 100 valence electrons. The van der Waals surface area contributed by atoms with Gasteiger partial charge in [0.1, 0.15) is 5.82 Å². The maximum Gasteiger partial charge on any atom is 0.221 e. The number of benzene rings is 1. The van der Waals surface area contributed by atoms with Gasteiger partial charge >= 0.3 is 0 Å². The van der Waals surface area contributed by atoms with Gasteiger partial charge in [-0.2, -0.15) is 0 Å². The third kappa shape index (κ3) is 5.51. The predicted octanol–water partition coefficient (Wildman–Crippen LogP) is 2.20. The molecule has 1 unspecified atom stereocenters. The number of amides is 1. The average molecular weight is 271 g/mol. The van der Waals surface area contributed by atoms with E-state index in [9.17, 15) is 9.18 Å². The van der Waals surface area contributed by atoms with Gasteiger partial charge in [-0.25, -0.2) is 4.39 Å². The summed E-state index contributed by atoms with van der Waals surface area (Å²) in [5.74, 6) is 0.217. The monoisotopic (exact) mass is 271 g/mol. The molecular weight excluding hydrogens is 253 g/mol. The molecule has 0 saturated heterocycles. The topological polar surface area (TPSA) is 49.3 Å². The van der Waals surface area contributed by atoms with E-state index in [2.05, 4.69) is 5.32 Å². The van der Waals surface area contributed by atoms with Crippen molar-refractivity contribution in [1.82, 2.24) is 5.32 Å². The Kier molecular flexibility index (Phi) is 6.75. The van der Waals surface area contributed by atoms with E-state index in [0.29, 0.717) is 23.5 Å². The lowest BCUT2D eigenvalue weighted by molar-refractivity contribution is -0.121. The molecule has 1 rings (SSSR count). The van der Waals surface area contributed by atoms with Crippen molar-refractivity contribution < 1.29 is 14.3 Å². The van der Waals surface area contributed by atoms with Crippen molar-refractivity contribution >= 4 is 17.7 Å². The highest BCUT2D eigenvalue weighted by Crippen LogP contribution is 2.21. The number of halogens is 1. The second-order valence-electron chi connectivity index (χ2n) is 4.01. The van der Waals surface area contributed by atoms with Crippen LogP contribution in [0.1, 0.15) is 19.8 Å². The van der Waals surface area contributed by atoms with Crippen molar-refractivity contribution in [2.45, 2.75) is 30.7 Å². The third-order valence-corrected chi connectivity index (χ3v) is 3.44. The lowest BCUT2D eigenvalue weighted by Gasteiger charge is -2.12. The van der Waals surface area contributed by atoms with Gasteiger partial charge in [-0.05, 0) is 25.5 Å². The number of nitrogens with one attached hydrogen (secondary N) is 1. The summed E-state index contributed by atoms with van der Waals surface area (Å²) in [4.78, 5) is 12.1. The summed E-state index contributed by atoms with van der Waals surface area (Å²) in [5.41, 5.74) is 0. The van der Waals surface area contributed by atoms with E-state index in [1.54, 1.807) is 18.2 Å². The summed E-state index contributed by atoms with van der Waals surface area (Å²) >= 11 is 1.33. The number of hydrogen-bond donors (Lipinski definition) is 2. The minimum absolute atomic E-state index is 0.0269. The number of carbonyl (C=O) groups excluding carboxylic acids is 1. The van der Waals surface area contributed by atoms with Gasteiger partial charge in [-0.1, -0.05) is 12.1 Å². The molecule has 0 bridgehead atoms. The van der Waals surface area contributed by atoms with Crippen LogP contribution in [0.25, 0.3) is 0 Å². The zero-order valence-electron chi connectivity index (χ0n) is 10.4. The molecule has 1 aromatic carbocycles. The van der Waals surface area contributed by atoms with Crippen molar-refractivity contribution in [3.8, 4) is 0 Å². The zero-order valence-corrected chi connectivity index (χ0v) is 11.2. The highest BCUT2D eigenvalue weighted by molar-refractivity contribution is 7.99. The van der Waals surface area contributed by atoms with E-state index in [1.807, 2.05) is 6.92 Å². The van der Waals surface area contributed by atoms with Gasteiger partial charge in [-0.15, -0.1) is 11.8 Å². The van der Waals surface area contributed by atoms with Crippen LogP contribution in [0.4, 0.5) is 4.39 Å². The Hall–Kier alpha value is -1.07. The fourth-order valence-electron chi connectivity index (χ4n) is 1.43. The van der Waals surface area contributed by atoms with Gasteiger partial charge in [0.15, 0.2) is 0 Å². The Morgan fingerprint density at radius 1 is 1.50 bits per heavy atom. The Labute approximate surface area is 111 Å². The van der Waals surface area contributed by atoms with Crippen LogP contribution in [-0.4, -0.2) is 29.4 Å². The number of carbonyl (C=O) groups is 1. The van der Waals surface area contributed by atoms with Crippen molar-refractivity contribution in [1.29, 1.82) is 0 Å². The first-order valence-corrected chi connectivity index (χ1v) is 6.89. The van der Waals surface area contributed by atoms with Gasteiger partial charge in [0.05, 0.1) is 0 Å². The normalized spacial score (nSPS) is 12.2. The van der Waals surface area contributed by atoms with Crippen LogP contribution in [0.3, 0.4) is 0 Å². The summed E-state index contributed by atoms with van der Waals surface area (Å²) in [6.45, 7) is 1.91. The molecule has 2 N–H and O–H groups in total. The lowest BCUT2D eigenvalue weighted by atomic mass is 10.2. The third-order valence-electron chi connectivity index (χ3n) is 2.39. The maximum atomic E-state index is 13.3. The van der Waals surface area contributed by atoms with Crippen molar-refractivity contribution in [3.05, 3.63) is 30.1 Å². The van der Waals surface area contributed by atoms with E-state index < -0.39 is 0 Å². The molecule has 0 aliphatic heterocycles. The van der Waals surface area contributed by atoms with Gasteiger partial charge in [-0.3, -0.25) is 4.79 Å². The molecule has 3 nitrogen and oxygen atoms in total. The Bertz CT molecular complexity index is 387. The van der Waals surface area contributed by atoms with Crippen LogP contribution in [0.2, 0.25) is 0 Å². The van der Waals surface area contributed by atoms with Gasteiger partial charge in [0.2, 0.25) is 5.91 Å². The fourth-order valence-corrected chi connectivity index (χ4v) is 2.32. The highest BCUT2D eigenvalue weighted by Gasteiger charge is 2.07. The molecule has 5 heteroatoms. The van der Waals surface area contributed by atoms with Gasteiger partial charge in [0, 0.05) is 29.7 Å². The molecule has 0 radical (unpaired) electrons. The van der Waals surface area contributed by atoms with Crippen LogP contribution in [-0.2, 0) is 4.79 Å². The summed E-state index contributed by atoms with van der Waals surface area (Å²) < 4.78 is 13.3. The minimum Gasteiger partial charge on any atom is -0.396 e. The molecule has 0 heterocycles. The van der Waals surface area contributed by atoms with E-state index in [1.165, 1.54) is 17.8 Å². The summed E-state index contributed by atoms with van der Waals surface area (Å²) in [6.07, 6.45) is 0.890. The van der Waals surface area contributed by atoms with Crippen LogP contribution >= 0.6 is 11.8 Å². The van der Waals surface area contributed by atoms with Crippen LogP contribution in [0, 0.1) is 5.82 Å². The molecule has 0 saturated carbocycles. The first kappa shape index (κ1) is 15.0. The van der Waals surface area contributed by atoms with E-state index >= 15 is 0 Å². The van der Waals surface area contributed by atoms with E-state index in [-0.39, 0.29) is 24.4 Å². The molecule has 0 aliphatic carbocycles. The van der Waals surface area contributed by atoms with Crippen LogP contribution in [0.5, 0.6) is 0 Å². The Balaban J connectivity index is 2.25. The largest absolute Gasteiger partial charge is 0.396 e. The molecule has 1 atom stereocenters. The van der Waals surface area contributed by atoms with Crippen molar-refractivity contribution in [2.24, 2.45) is 0 Å². The summed E-state index contributed by atoms with van der Waals surface area (Å²) in [7, 11) is 0. The van der Waals surface area contributed by atoms with Gasteiger partial charge in [0.25, 0.3) is 0 Å². The predicted molar refractivity (Wildman–Crippen MR) is 71.0 cm³/mol. The molecule has 0 fully saturated rings. The zero-order chi connectivity index (χ0) is 13.4. The first-order chi connectivity index (χ1) is 8.63. The van der Waals surface area contributed by atoms with Crippen molar-refractivity contribution in [2.75, 3.05) is 12.4 Å². The second-order valence-corrected chi connectivity index (χ2v) is 5.15. The van der Waals surface area contributed by atoms with Gasteiger partial charge < -0.3 is 10.4 Å². The summed E-state index contributed by atoms with van der Waals surface area (Å²) in [6, 6.07) is 6.50. The molecule has 1 amide bonds. The number of hydrogen-bond acceptors (Lipinski definition) is 3. The summed E-state index contributed by atoms with van der Waals surface area (Å²) in [5, 5.41) is 11.5. The quantitative estimate of drug-likeness (QED) is 0.747. The second kappa shape index (κ2) is 8.11. The number of aliphatic hydroxyl groups excluding tert-OH is 1. The van der Waals surface area contributed by atoms with E-state index in [4.69, 9.17) is 5.11 Å². The van der Waals surface area contributed by atoms with Crippen LogP contribution in [0.15, 0.2) is 29.2 Å². The first-order valence-electron chi connectivity index (χ1n) is 5.91. The average Bonchev–Trinajstić information content (AvgIpc) is 2.31. The molecule has 0 spiro atoms. The lowest BCUT2D eigenvalue weighted by Crippen LogP contribution is -2.33. The number of aliphatic hydroxyl groups is 1.